The molecule has 0 spiro atoms. The van der Waals surface area contributed by atoms with E-state index in [1.54, 1.807) is 42.5 Å². The first kappa shape index (κ1) is 16.6. The summed E-state index contributed by atoms with van der Waals surface area (Å²) in [5.41, 5.74) is 1.37. The summed E-state index contributed by atoms with van der Waals surface area (Å²) in [6.45, 7) is 0. The van der Waals surface area contributed by atoms with Crippen LogP contribution in [0.4, 0.5) is 0 Å². The second-order valence-electron chi connectivity index (χ2n) is 5.30. The number of aromatic hydroxyl groups is 1. The average molecular weight is 353 g/mol. The number of halogens is 1. The van der Waals surface area contributed by atoms with Gasteiger partial charge in [0, 0.05) is 16.1 Å². The van der Waals surface area contributed by atoms with E-state index in [-0.39, 0.29) is 11.3 Å². The predicted octanol–water partition coefficient (Wildman–Crippen LogP) is 3.95. The van der Waals surface area contributed by atoms with Gasteiger partial charge in [-0.1, -0.05) is 23.7 Å². The zero-order chi connectivity index (χ0) is 18.0. The van der Waals surface area contributed by atoms with Crippen LogP contribution in [0.25, 0.3) is 22.4 Å². The maximum atomic E-state index is 12.4. The summed E-state index contributed by atoms with van der Waals surface area (Å²) in [7, 11) is 1.51. The highest BCUT2D eigenvalue weighted by Crippen LogP contribution is 2.33. The molecule has 0 saturated heterocycles. The van der Waals surface area contributed by atoms with E-state index in [0.717, 1.165) is 0 Å². The Hall–Kier alpha value is -3.23. The molecule has 2 N–H and O–H groups in total. The van der Waals surface area contributed by atoms with Gasteiger partial charge in [0.25, 0.3) is 5.56 Å². The minimum Gasteiger partial charge on any atom is -0.507 e. The van der Waals surface area contributed by atoms with E-state index in [2.05, 4.69) is 4.98 Å². The number of H-pyrrole nitrogens is 1. The molecule has 0 radical (unpaired) electrons. The summed E-state index contributed by atoms with van der Waals surface area (Å²) in [4.78, 5) is 15.0. The maximum Gasteiger partial charge on any atom is 0.266 e. The number of rotatable bonds is 3. The van der Waals surface area contributed by atoms with Crippen molar-refractivity contribution in [3.8, 4) is 40.0 Å². The lowest BCUT2D eigenvalue weighted by atomic mass is 9.99. The number of nitriles is 1. The third-order valence-electron chi connectivity index (χ3n) is 3.79. The quantitative estimate of drug-likeness (QED) is 0.747. The second-order valence-corrected chi connectivity index (χ2v) is 5.74. The molecular weight excluding hydrogens is 340 g/mol. The van der Waals surface area contributed by atoms with Crippen LogP contribution in [-0.2, 0) is 0 Å². The Bertz CT molecular complexity index is 1030. The molecule has 1 heterocycles. The lowest BCUT2D eigenvalue weighted by molar-refractivity contribution is 0.412. The Balaban J connectivity index is 2.26. The van der Waals surface area contributed by atoms with Crippen molar-refractivity contribution in [2.75, 3.05) is 7.11 Å². The number of phenols is 1. The van der Waals surface area contributed by atoms with E-state index in [4.69, 9.17) is 16.3 Å². The average Bonchev–Trinajstić information content (AvgIpc) is 2.62. The molecule has 0 fully saturated rings. The van der Waals surface area contributed by atoms with Crippen LogP contribution < -0.4 is 10.3 Å². The van der Waals surface area contributed by atoms with Crippen molar-refractivity contribution in [2.45, 2.75) is 0 Å². The highest BCUT2D eigenvalue weighted by molar-refractivity contribution is 6.30. The number of hydrogen-bond donors (Lipinski definition) is 2. The van der Waals surface area contributed by atoms with Crippen LogP contribution in [-0.4, -0.2) is 17.2 Å². The van der Waals surface area contributed by atoms with Crippen molar-refractivity contribution in [2.24, 2.45) is 0 Å². The summed E-state index contributed by atoms with van der Waals surface area (Å²) in [6, 6.07) is 15.1. The van der Waals surface area contributed by atoms with Gasteiger partial charge in [-0.05, 0) is 42.0 Å². The van der Waals surface area contributed by atoms with Gasteiger partial charge in [-0.25, -0.2) is 0 Å². The van der Waals surface area contributed by atoms with E-state index in [1.165, 1.54) is 13.2 Å². The van der Waals surface area contributed by atoms with Gasteiger partial charge >= 0.3 is 0 Å². The summed E-state index contributed by atoms with van der Waals surface area (Å²) >= 11 is 5.91. The monoisotopic (exact) mass is 352 g/mol. The van der Waals surface area contributed by atoms with Gasteiger partial charge < -0.3 is 14.8 Å². The van der Waals surface area contributed by atoms with Gasteiger partial charge in [0.2, 0.25) is 0 Å². The molecule has 0 aliphatic heterocycles. The van der Waals surface area contributed by atoms with Crippen LogP contribution in [0.3, 0.4) is 0 Å². The molecule has 2 aromatic carbocycles. The molecule has 0 unspecified atom stereocenters. The Kier molecular flexibility index (Phi) is 4.46. The molecule has 0 aliphatic rings. The molecule has 3 aromatic rings. The minimum atomic E-state index is -0.535. The van der Waals surface area contributed by atoms with Crippen molar-refractivity contribution in [3.63, 3.8) is 0 Å². The SMILES string of the molecule is COc1ccc(O)c(-c2cc(-c3ccc(Cl)cc3)c(C#N)c(=O)[nH]2)c1. The van der Waals surface area contributed by atoms with Crippen molar-refractivity contribution in [3.05, 3.63) is 69.5 Å². The smallest absolute Gasteiger partial charge is 0.266 e. The van der Waals surface area contributed by atoms with E-state index in [9.17, 15) is 15.2 Å². The van der Waals surface area contributed by atoms with Gasteiger partial charge in [0.1, 0.15) is 23.1 Å². The van der Waals surface area contributed by atoms with Gasteiger partial charge in [0.15, 0.2) is 0 Å². The molecule has 5 nitrogen and oxygen atoms in total. The van der Waals surface area contributed by atoms with E-state index >= 15 is 0 Å². The number of benzene rings is 2. The highest BCUT2D eigenvalue weighted by atomic mass is 35.5. The molecule has 0 atom stereocenters. The maximum absolute atomic E-state index is 12.4. The minimum absolute atomic E-state index is 0.00606. The van der Waals surface area contributed by atoms with Crippen LogP contribution in [0.1, 0.15) is 5.56 Å². The van der Waals surface area contributed by atoms with Crippen LogP contribution in [0.15, 0.2) is 53.3 Å². The molecule has 0 saturated carbocycles. The van der Waals surface area contributed by atoms with Crippen LogP contribution in [0.5, 0.6) is 11.5 Å². The molecule has 25 heavy (non-hydrogen) atoms. The van der Waals surface area contributed by atoms with Gasteiger partial charge in [-0.2, -0.15) is 5.26 Å². The number of aromatic amines is 1. The summed E-state index contributed by atoms with van der Waals surface area (Å²) in [5, 5.41) is 20.0. The Labute approximate surface area is 148 Å². The zero-order valence-electron chi connectivity index (χ0n) is 13.2. The van der Waals surface area contributed by atoms with Gasteiger partial charge in [0.05, 0.1) is 12.8 Å². The van der Waals surface area contributed by atoms with Crippen molar-refractivity contribution >= 4 is 11.6 Å². The highest BCUT2D eigenvalue weighted by Gasteiger charge is 2.15. The molecule has 0 bridgehead atoms. The van der Waals surface area contributed by atoms with Gasteiger partial charge in [-0.3, -0.25) is 4.79 Å². The predicted molar refractivity (Wildman–Crippen MR) is 95.9 cm³/mol. The fourth-order valence-electron chi connectivity index (χ4n) is 2.53. The molecule has 3 rings (SSSR count). The summed E-state index contributed by atoms with van der Waals surface area (Å²) in [5.74, 6) is 0.522. The molecule has 0 aliphatic carbocycles. The third-order valence-corrected chi connectivity index (χ3v) is 4.05. The number of phenolic OH excluding ortho intramolecular Hbond substituents is 1. The lowest BCUT2D eigenvalue weighted by Gasteiger charge is -2.10. The fourth-order valence-corrected chi connectivity index (χ4v) is 2.66. The van der Waals surface area contributed by atoms with E-state index in [1.807, 2.05) is 6.07 Å². The molecular formula is C19H13ClN2O3. The Morgan fingerprint density at radius 3 is 2.48 bits per heavy atom. The molecule has 1 aromatic heterocycles. The number of nitrogens with one attached hydrogen (secondary N) is 1. The topological polar surface area (TPSA) is 86.1 Å². The van der Waals surface area contributed by atoms with E-state index < -0.39 is 5.56 Å². The zero-order valence-corrected chi connectivity index (χ0v) is 14.0. The number of methoxy groups -OCH3 is 1. The normalized spacial score (nSPS) is 10.3. The number of ether oxygens (including phenoxy) is 1. The first-order valence-corrected chi connectivity index (χ1v) is 7.72. The summed E-state index contributed by atoms with van der Waals surface area (Å²) in [6.07, 6.45) is 0. The number of hydrogen-bond acceptors (Lipinski definition) is 4. The largest absolute Gasteiger partial charge is 0.507 e. The van der Waals surface area contributed by atoms with Crippen LogP contribution in [0.2, 0.25) is 5.02 Å². The standard InChI is InChI=1S/C19H13ClN2O3/c1-25-13-6-7-18(23)15(8-13)17-9-14(16(10-21)19(24)22-17)11-2-4-12(20)5-3-11/h2-9,23H,1H3,(H,22,24). The third kappa shape index (κ3) is 3.21. The van der Waals surface area contributed by atoms with Crippen LogP contribution in [0, 0.1) is 11.3 Å². The van der Waals surface area contributed by atoms with Crippen LogP contribution >= 0.6 is 11.6 Å². The Morgan fingerprint density at radius 2 is 1.84 bits per heavy atom. The molecule has 0 amide bonds. The van der Waals surface area contributed by atoms with Gasteiger partial charge in [-0.15, -0.1) is 0 Å². The fraction of sp³-hybridized carbons (Fsp3) is 0.0526. The number of pyridine rings is 1. The molecule has 6 heteroatoms. The van der Waals surface area contributed by atoms with Crippen molar-refractivity contribution in [1.82, 2.24) is 4.98 Å². The second kappa shape index (κ2) is 6.71. The number of aromatic nitrogens is 1. The van der Waals surface area contributed by atoms with Crippen molar-refractivity contribution in [1.29, 1.82) is 5.26 Å². The van der Waals surface area contributed by atoms with Crippen molar-refractivity contribution < 1.29 is 9.84 Å². The molecule has 124 valence electrons. The number of nitrogens with zero attached hydrogens (tertiary/aromatic N) is 1. The van der Waals surface area contributed by atoms with E-state index in [0.29, 0.717) is 33.2 Å². The Morgan fingerprint density at radius 1 is 1.12 bits per heavy atom. The first-order chi connectivity index (χ1) is 12.0. The summed E-state index contributed by atoms with van der Waals surface area (Å²) < 4.78 is 5.16. The first-order valence-electron chi connectivity index (χ1n) is 7.34. The lowest BCUT2D eigenvalue weighted by Crippen LogP contribution is -2.12.